The van der Waals surface area contributed by atoms with Crippen molar-refractivity contribution in [1.82, 2.24) is 0 Å². The van der Waals surface area contributed by atoms with Crippen LogP contribution in [0.1, 0.15) is 50.2 Å². The lowest BCUT2D eigenvalue weighted by Gasteiger charge is -2.18. The number of carbonyl (C=O) groups is 1. The Morgan fingerprint density at radius 2 is 1.71 bits per heavy atom. The van der Waals surface area contributed by atoms with Crippen LogP contribution in [0.25, 0.3) is 6.08 Å². The van der Waals surface area contributed by atoms with Crippen molar-refractivity contribution in [2.24, 2.45) is 0 Å². The van der Waals surface area contributed by atoms with Crippen LogP contribution in [0.5, 0.6) is 5.75 Å². The Morgan fingerprint density at radius 1 is 1.00 bits per heavy atom. The van der Waals surface area contributed by atoms with E-state index in [4.69, 9.17) is 9.47 Å². The van der Waals surface area contributed by atoms with Crippen LogP contribution >= 0.6 is 0 Å². The standard InChI is InChI=1S/C24H30O4/c1-2-3-4-5-11-18-27-24(19-20-12-7-6-8-13-20)28-23(26)17-16-21-14-9-10-15-22(21)25/h6-10,12-17,24-25H,2-5,11,18-19H2,1H3/b17-16+. The highest BCUT2D eigenvalue weighted by Gasteiger charge is 2.14. The zero-order valence-electron chi connectivity index (χ0n) is 16.5. The zero-order valence-corrected chi connectivity index (χ0v) is 16.5. The Hall–Kier alpha value is -2.59. The second-order valence-electron chi connectivity index (χ2n) is 6.73. The molecule has 0 spiro atoms. The molecule has 2 rings (SSSR count). The molecule has 0 amide bonds. The Kier molecular flexibility index (Phi) is 9.87. The van der Waals surface area contributed by atoms with Gasteiger partial charge < -0.3 is 14.6 Å². The maximum Gasteiger partial charge on any atom is 0.333 e. The molecule has 2 aromatic carbocycles. The Labute approximate surface area is 167 Å². The van der Waals surface area contributed by atoms with Crippen molar-refractivity contribution in [3.05, 3.63) is 71.8 Å². The van der Waals surface area contributed by atoms with Gasteiger partial charge >= 0.3 is 5.97 Å². The molecular weight excluding hydrogens is 352 g/mol. The summed E-state index contributed by atoms with van der Waals surface area (Å²) < 4.78 is 11.4. The Balaban J connectivity index is 1.89. The van der Waals surface area contributed by atoms with Crippen LogP contribution in [0.3, 0.4) is 0 Å². The van der Waals surface area contributed by atoms with Crippen LogP contribution in [-0.4, -0.2) is 24.0 Å². The highest BCUT2D eigenvalue weighted by molar-refractivity contribution is 5.87. The van der Waals surface area contributed by atoms with Crippen molar-refractivity contribution < 1.29 is 19.4 Å². The van der Waals surface area contributed by atoms with Gasteiger partial charge in [-0.3, -0.25) is 0 Å². The molecule has 0 aromatic heterocycles. The molecule has 1 N–H and O–H groups in total. The fourth-order valence-corrected chi connectivity index (χ4v) is 2.82. The number of carbonyl (C=O) groups excluding carboxylic acids is 1. The summed E-state index contributed by atoms with van der Waals surface area (Å²) in [4.78, 5) is 12.2. The highest BCUT2D eigenvalue weighted by Crippen LogP contribution is 2.17. The summed E-state index contributed by atoms with van der Waals surface area (Å²) in [5, 5.41) is 9.78. The van der Waals surface area contributed by atoms with E-state index in [0.717, 1.165) is 18.4 Å². The number of rotatable bonds is 12. The quantitative estimate of drug-likeness (QED) is 0.228. The van der Waals surface area contributed by atoms with Crippen molar-refractivity contribution in [2.45, 2.75) is 51.7 Å². The molecule has 0 radical (unpaired) electrons. The first-order valence-electron chi connectivity index (χ1n) is 10.0. The third kappa shape index (κ3) is 8.40. The molecule has 4 nitrogen and oxygen atoms in total. The molecule has 150 valence electrons. The molecule has 0 aliphatic rings. The predicted octanol–water partition coefficient (Wildman–Crippen LogP) is 5.50. The maximum absolute atomic E-state index is 12.2. The first kappa shape index (κ1) is 21.7. The molecule has 0 fully saturated rings. The van der Waals surface area contributed by atoms with Gasteiger partial charge in [-0.15, -0.1) is 0 Å². The molecular formula is C24H30O4. The lowest BCUT2D eigenvalue weighted by molar-refractivity contribution is -0.172. The normalized spacial score (nSPS) is 12.2. The van der Waals surface area contributed by atoms with Gasteiger partial charge in [-0.05, 0) is 24.1 Å². The third-order valence-electron chi connectivity index (χ3n) is 4.38. The SMILES string of the molecule is CCCCCCCOC(Cc1ccccc1)OC(=O)/C=C/c1ccccc1O. The molecule has 0 saturated heterocycles. The van der Waals surface area contributed by atoms with Crippen molar-refractivity contribution in [2.75, 3.05) is 6.61 Å². The summed E-state index contributed by atoms with van der Waals surface area (Å²) >= 11 is 0. The number of unbranched alkanes of at least 4 members (excludes halogenated alkanes) is 4. The summed E-state index contributed by atoms with van der Waals surface area (Å²) in [7, 11) is 0. The Bertz CT molecular complexity index is 724. The van der Waals surface area contributed by atoms with Crippen LogP contribution in [-0.2, 0) is 20.7 Å². The van der Waals surface area contributed by atoms with E-state index in [-0.39, 0.29) is 5.75 Å². The first-order valence-corrected chi connectivity index (χ1v) is 10.0. The molecule has 2 aromatic rings. The van der Waals surface area contributed by atoms with Crippen LogP contribution in [0.4, 0.5) is 0 Å². The minimum atomic E-state index is -0.630. The number of hydrogen-bond acceptors (Lipinski definition) is 4. The van der Waals surface area contributed by atoms with Gasteiger partial charge in [0.2, 0.25) is 6.29 Å². The molecule has 28 heavy (non-hydrogen) atoms. The number of ether oxygens (including phenoxy) is 2. The molecule has 0 saturated carbocycles. The first-order chi connectivity index (χ1) is 13.7. The zero-order chi connectivity index (χ0) is 20.0. The Morgan fingerprint density at radius 3 is 2.46 bits per heavy atom. The number of benzene rings is 2. The lowest BCUT2D eigenvalue weighted by Crippen LogP contribution is -2.23. The van der Waals surface area contributed by atoms with Gasteiger partial charge in [-0.1, -0.05) is 81.1 Å². The molecule has 1 unspecified atom stereocenters. The number of phenols is 1. The number of aromatic hydroxyl groups is 1. The second kappa shape index (κ2) is 12.7. The predicted molar refractivity (Wildman–Crippen MR) is 112 cm³/mol. The average Bonchev–Trinajstić information content (AvgIpc) is 2.70. The number of phenolic OH excluding ortho intramolecular Hbond substituents is 1. The van der Waals surface area contributed by atoms with Crippen molar-refractivity contribution in [3.8, 4) is 5.75 Å². The van der Waals surface area contributed by atoms with Crippen LogP contribution in [0, 0.1) is 0 Å². The van der Waals surface area contributed by atoms with E-state index >= 15 is 0 Å². The largest absolute Gasteiger partial charge is 0.507 e. The maximum atomic E-state index is 12.2. The van der Waals surface area contributed by atoms with Gasteiger partial charge in [-0.2, -0.15) is 0 Å². The fraction of sp³-hybridized carbons (Fsp3) is 0.375. The molecule has 0 heterocycles. The van der Waals surface area contributed by atoms with Gasteiger partial charge in [0.05, 0.1) is 6.61 Å². The number of para-hydroxylation sites is 1. The van der Waals surface area contributed by atoms with Gasteiger partial charge in [0.25, 0.3) is 0 Å². The van der Waals surface area contributed by atoms with E-state index in [1.165, 1.54) is 25.3 Å². The molecule has 4 heteroatoms. The number of hydrogen-bond donors (Lipinski definition) is 1. The van der Waals surface area contributed by atoms with Gasteiger partial charge in [-0.25, -0.2) is 4.79 Å². The minimum Gasteiger partial charge on any atom is -0.507 e. The summed E-state index contributed by atoms with van der Waals surface area (Å²) in [6, 6.07) is 16.7. The topological polar surface area (TPSA) is 55.8 Å². The lowest BCUT2D eigenvalue weighted by atomic mass is 10.1. The van der Waals surface area contributed by atoms with E-state index in [0.29, 0.717) is 18.6 Å². The summed E-state index contributed by atoms with van der Waals surface area (Å²) in [5.74, 6) is -0.370. The van der Waals surface area contributed by atoms with Crippen molar-refractivity contribution >= 4 is 12.0 Å². The summed E-state index contributed by atoms with van der Waals surface area (Å²) in [5.41, 5.74) is 1.62. The monoisotopic (exact) mass is 382 g/mol. The molecule has 1 atom stereocenters. The van der Waals surface area contributed by atoms with Gasteiger partial charge in [0, 0.05) is 18.1 Å². The van der Waals surface area contributed by atoms with Crippen molar-refractivity contribution in [3.63, 3.8) is 0 Å². The fourth-order valence-electron chi connectivity index (χ4n) is 2.82. The molecule has 0 aliphatic heterocycles. The molecule has 0 bridgehead atoms. The smallest absolute Gasteiger partial charge is 0.333 e. The van der Waals surface area contributed by atoms with Crippen LogP contribution in [0.2, 0.25) is 0 Å². The number of esters is 1. The summed E-state index contributed by atoms with van der Waals surface area (Å²) in [6.07, 6.45) is 8.45. The third-order valence-corrected chi connectivity index (χ3v) is 4.38. The van der Waals surface area contributed by atoms with E-state index in [2.05, 4.69) is 6.92 Å². The minimum absolute atomic E-state index is 0.121. The van der Waals surface area contributed by atoms with E-state index in [9.17, 15) is 9.90 Å². The van der Waals surface area contributed by atoms with Crippen LogP contribution in [0.15, 0.2) is 60.7 Å². The second-order valence-corrected chi connectivity index (χ2v) is 6.73. The average molecular weight is 383 g/mol. The van der Waals surface area contributed by atoms with E-state index in [1.807, 2.05) is 30.3 Å². The van der Waals surface area contributed by atoms with E-state index in [1.54, 1.807) is 30.3 Å². The summed E-state index contributed by atoms with van der Waals surface area (Å²) in [6.45, 7) is 2.76. The van der Waals surface area contributed by atoms with Crippen molar-refractivity contribution in [1.29, 1.82) is 0 Å². The molecule has 0 aliphatic carbocycles. The highest BCUT2D eigenvalue weighted by atomic mass is 16.7. The van der Waals surface area contributed by atoms with Gasteiger partial charge in [0.15, 0.2) is 0 Å². The van der Waals surface area contributed by atoms with Crippen LogP contribution < -0.4 is 0 Å². The van der Waals surface area contributed by atoms with Gasteiger partial charge in [0.1, 0.15) is 5.75 Å². The van der Waals surface area contributed by atoms with E-state index < -0.39 is 12.3 Å².